The highest BCUT2D eigenvalue weighted by atomic mass is 16.5. The zero-order valence-electron chi connectivity index (χ0n) is 16.7. The number of hydrogen-bond donors (Lipinski definition) is 0. The lowest BCUT2D eigenvalue weighted by atomic mass is 9.85. The van der Waals surface area contributed by atoms with Gasteiger partial charge in [0.25, 0.3) is 0 Å². The third kappa shape index (κ3) is 3.72. The molecule has 0 radical (unpaired) electrons. The van der Waals surface area contributed by atoms with Gasteiger partial charge in [0, 0.05) is 26.2 Å². The molecule has 2 fully saturated rings. The topological polar surface area (TPSA) is 42.0 Å². The minimum Gasteiger partial charge on any atom is -0.497 e. The Morgan fingerprint density at radius 3 is 2.39 bits per heavy atom. The van der Waals surface area contributed by atoms with Crippen molar-refractivity contribution < 1.29 is 14.3 Å². The number of nitrogens with zero attached hydrogens (tertiary/aromatic N) is 2. The van der Waals surface area contributed by atoms with Gasteiger partial charge in [0.2, 0.25) is 5.91 Å². The molecule has 1 amide bonds. The molecule has 4 rings (SSSR count). The monoisotopic (exact) mass is 380 g/mol. The summed E-state index contributed by atoms with van der Waals surface area (Å²) >= 11 is 0. The molecule has 2 heterocycles. The zero-order chi connectivity index (χ0) is 19.6. The van der Waals surface area contributed by atoms with Crippen LogP contribution in [0.25, 0.3) is 0 Å². The standard InChI is InChI=1S/C23H28N2O3/c1-27-20-8-6-18(7-9-20)15-24-12-10-23(17-24)11-13-25(22(23)26)16-19-4-3-5-21(14-19)28-2/h3-9,14H,10-13,15-17H2,1-2H3/t23-/m0/s1. The van der Waals surface area contributed by atoms with Crippen LogP contribution in [0.15, 0.2) is 48.5 Å². The van der Waals surface area contributed by atoms with Crippen molar-refractivity contribution >= 4 is 5.91 Å². The van der Waals surface area contributed by atoms with Gasteiger partial charge in [0.1, 0.15) is 11.5 Å². The number of hydrogen-bond acceptors (Lipinski definition) is 4. The Labute approximate surface area is 166 Å². The highest BCUT2D eigenvalue weighted by Gasteiger charge is 2.50. The summed E-state index contributed by atoms with van der Waals surface area (Å²) in [4.78, 5) is 17.7. The minimum absolute atomic E-state index is 0.203. The van der Waals surface area contributed by atoms with E-state index >= 15 is 0 Å². The van der Waals surface area contributed by atoms with Crippen molar-refractivity contribution in [3.63, 3.8) is 0 Å². The van der Waals surface area contributed by atoms with Crippen LogP contribution in [0.5, 0.6) is 11.5 Å². The van der Waals surface area contributed by atoms with E-state index in [1.807, 2.05) is 35.2 Å². The van der Waals surface area contributed by atoms with Gasteiger partial charge in [0.05, 0.1) is 19.6 Å². The summed E-state index contributed by atoms with van der Waals surface area (Å²) in [6, 6.07) is 16.2. The van der Waals surface area contributed by atoms with Crippen LogP contribution in [0.4, 0.5) is 0 Å². The molecule has 5 nitrogen and oxygen atoms in total. The van der Waals surface area contributed by atoms with E-state index < -0.39 is 0 Å². The number of carbonyl (C=O) groups excluding carboxylic acids is 1. The molecular formula is C23H28N2O3. The maximum absolute atomic E-state index is 13.2. The molecule has 2 aliphatic rings. The van der Waals surface area contributed by atoms with Crippen LogP contribution < -0.4 is 9.47 Å². The zero-order valence-corrected chi connectivity index (χ0v) is 16.7. The third-order valence-corrected chi connectivity index (χ3v) is 6.11. The number of likely N-dealkylation sites (tertiary alicyclic amines) is 2. The molecular weight excluding hydrogens is 352 g/mol. The number of benzene rings is 2. The molecule has 0 aromatic heterocycles. The van der Waals surface area contributed by atoms with Crippen molar-refractivity contribution in [2.45, 2.75) is 25.9 Å². The number of amides is 1. The van der Waals surface area contributed by atoms with Gasteiger partial charge in [-0.25, -0.2) is 0 Å². The van der Waals surface area contributed by atoms with E-state index in [0.717, 1.165) is 56.1 Å². The van der Waals surface area contributed by atoms with Gasteiger partial charge in [0.15, 0.2) is 0 Å². The van der Waals surface area contributed by atoms with Gasteiger partial charge in [-0.3, -0.25) is 9.69 Å². The number of ether oxygens (including phenoxy) is 2. The summed E-state index contributed by atoms with van der Waals surface area (Å²) in [6.45, 7) is 4.22. The van der Waals surface area contributed by atoms with Gasteiger partial charge in [-0.1, -0.05) is 24.3 Å². The molecule has 5 heteroatoms. The Morgan fingerprint density at radius 2 is 1.64 bits per heavy atom. The van der Waals surface area contributed by atoms with E-state index in [2.05, 4.69) is 23.1 Å². The third-order valence-electron chi connectivity index (χ3n) is 6.11. The van der Waals surface area contributed by atoms with Gasteiger partial charge in [-0.2, -0.15) is 0 Å². The maximum atomic E-state index is 13.2. The summed E-state index contributed by atoms with van der Waals surface area (Å²) in [7, 11) is 3.35. The Hall–Kier alpha value is -2.53. The molecule has 1 atom stereocenters. The fourth-order valence-electron chi connectivity index (χ4n) is 4.50. The second-order valence-electron chi connectivity index (χ2n) is 7.92. The summed E-state index contributed by atoms with van der Waals surface area (Å²) in [6.07, 6.45) is 1.91. The van der Waals surface area contributed by atoms with Crippen molar-refractivity contribution in [3.05, 3.63) is 59.7 Å². The molecule has 148 valence electrons. The molecule has 2 aromatic carbocycles. The summed E-state index contributed by atoms with van der Waals surface area (Å²) in [5.41, 5.74) is 2.18. The van der Waals surface area contributed by atoms with E-state index in [-0.39, 0.29) is 5.41 Å². The fourth-order valence-corrected chi connectivity index (χ4v) is 4.50. The van der Waals surface area contributed by atoms with Crippen LogP contribution in [-0.2, 0) is 17.9 Å². The van der Waals surface area contributed by atoms with E-state index in [1.54, 1.807) is 14.2 Å². The van der Waals surface area contributed by atoms with Crippen LogP contribution in [0.1, 0.15) is 24.0 Å². The van der Waals surface area contributed by atoms with Gasteiger partial charge in [-0.15, -0.1) is 0 Å². The normalized spacial score (nSPS) is 22.2. The highest BCUT2D eigenvalue weighted by Crippen LogP contribution is 2.41. The molecule has 1 spiro atoms. The largest absolute Gasteiger partial charge is 0.497 e. The van der Waals surface area contributed by atoms with Gasteiger partial charge >= 0.3 is 0 Å². The summed E-state index contributed by atoms with van der Waals surface area (Å²) in [5, 5.41) is 0. The second kappa shape index (κ2) is 7.84. The molecule has 2 aromatic rings. The molecule has 0 saturated carbocycles. The first-order valence-corrected chi connectivity index (χ1v) is 9.89. The van der Waals surface area contributed by atoms with E-state index in [0.29, 0.717) is 12.5 Å². The highest BCUT2D eigenvalue weighted by molar-refractivity contribution is 5.85. The van der Waals surface area contributed by atoms with E-state index in [1.165, 1.54) is 5.56 Å². The fraction of sp³-hybridized carbons (Fsp3) is 0.435. The second-order valence-corrected chi connectivity index (χ2v) is 7.92. The van der Waals surface area contributed by atoms with Crippen molar-refractivity contribution in [2.75, 3.05) is 33.9 Å². The molecule has 2 aliphatic heterocycles. The van der Waals surface area contributed by atoms with Crippen LogP contribution >= 0.6 is 0 Å². The summed E-state index contributed by atoms with van der Waals surface area (Å²) in [5.74, 6) is 2.03. The first-order valence-electron chi connectivity index (χ1n) is 9.89. The quantitative estimate of drug-likeness (QED) is 0.771. The Bertz CT molecular complexity index is 836. The molecule has 28 heavy (non-hydrogen) atoms. The minimum atomic E-state index is -0.203. The van der Waals surface area contributed by atoms with Crippen molar-refractivity contribution in [2.24, 2.45) is 5.41 Å². The van der Waals surface area contributed by atoms with Gasteiger partial charge in [-0.05, 0) is 54.8 Å². The SMILES string of the molecule is COc1ccc(CN2CC[C@]3(CCN(Cc4cccc(OC)c4)C3=O)C2)cc1. The molecule has 2 saturated heterocycles. The van der Waals surface area contributed by atoms with Crippen LogP contribution in [-0.4, -0.2) is 49.6 Å². The van der Waals surface area contributed by atoms with Crippen molar-refractivity contribution in [1.82, 2.24) is 9.80 Å². The molecule has 0 unspecified atom stereocenters. The van der Waals surface area contributed by atoms with E-state index in [4.69, 9.17) is 9.47 Å². The summed E-state index contributed by atoms with van der Waals surface area (Å²) < 4.78 is 10.5. The Kier molecular flexibility index (Phi) is 5.27. The van der Waals surface area contributed by atoms with Crippen LogP contribution in [0.3, 0.4) is 0 Å². The first kappa shape index (κ1) is 18.8. The van der Waals surface area contributed by atoms with Crippen LogP contribution in [0.2, 0.25) is 0 Å². The predicted molar refractivity (Wildman–Crippen MR) is 108 cm³/mol. The van der Waals surface area contributed by atoms with Crippen molar-refractivity contribution in [1.29, 1.82) is 0 Å². The van der Waals surface area contributed by atoms with Gasteiger partial charge < -0.3 is 14.4 Å². The average molecular weight is 380 g/mol. The first-order chi connectivity index (χ1) is 13.6. The number of methoxy groups -OCH3 is 2. The predicted octanol–water partition coefficient (Wildman–Crippen LogP) is 3.33. The molecule has 0 aliphatic carbocycles. The maximum Gasteiger partial charge on any atom is 0.230 e. The Balaban J connectivity index is 1.38. The lowest BCUT2D eigenvalue weighted by molar-refractivity contribution is -0.136. The molecule has 0 bridgehead atoms. The molecule has 0 N–H and O–H groups in total. The number of carbonyl (C=O) groups is 1. The number of rotatable bonds is 6. The lowest BCUT2D eigenvalue weighted by Crippen LogP contribution is -2.36. The average Bonchev–Trinajstić information content (AvgIpc) is 3.27. The lowest BCUT2D eigenvalue weighted by Gasteiger charge is -2.24. The smallest absolute Gasteiger partial charge is 0.230 e. The Morgan fingerprint density at radius 1 is 0.893 bits per heavy atom. The van der Waals surface area contributed by atoms with E-state index in [9.17, 15) is 4.79 Å². The van der Waals surface area contributed by atoms with Crippen molar-refractivity contribution in [3.8, 4) is 11.5 Å². The van der Waals surface area contributed by atoms with Crippen LogP contribution in [0, 0.1) is 5.41 Å².